The Kier molecular flexibility index (Phi) is 4.20. The van der Waals surface area contributed by atoms with Crippen LogP contribution in [0.1, 0.15) is 39.4 Å². The lowest BCUT2D eigenvalue weighted by Crippen LogP contribution is -2.36. The number of likely N-dealkylation sites (N-methyl/N-ethyl adjacent to an activating group) is 1. The predicted octanol–water partition coefficient (Wildman–Crippen LogP) is 0.948. The maximum Gasteiger partial charge on any atom is 0.155 e. The first-order chi connectivity index (χ1) is 7.07. The Morgan fingerprint density at radius 2 is 2.00 bits per heavy atom. The molecule has 15 heavy (non-hydrogen) atoms. The molecular weight excluding hydrogens is 190 g/mol. The van der Waals surface area contributed by atoms with Crippen LogP contribution < -0.4 is 5.32 Å². The molecule has 0 radical (unpaired) electrons. The van der Waals surface area contributed by atoms with E-state index in [4.69, 9.17) is 0 Å². The summed E-state index contributed by atoms with van der Waals surface area (Å²) in [5.41, 5.74) is 0. The van der Waals surface area contributed by atoms with E-state index in [9.17, 15) is 0 Å². The molecule has 1 heterocycles. The molecule has 1 N–H and O–H groups in total. The molecule has 1 aromatic heterocycles. The number of aromatic nitrogens is 4. The summed E-state index contributed by atoms with van der Waals surface area (Å²) in [6.45, 7) is 9.67. The molecule has 1 aromatic rings. The lowest BCUT2D eigenvalue weighted by atomic mass is 9.88. The highest BCUT2D eigenvalue weighted by Crippen LogP contribution is 2.25. The Labute approximate surface area is 91.2 Å². The number of hydrogen-bond donors (Lipinski definition) is 1. The monoisotopic (exact) mass is 211 g/mol. The van der Waals surface area contributed by atoms with Crippen LogP contribution in [0.5, 0.6) is 0 Å². The zero-order chi connectivity index (χ0) is 11.4. The van der Waals surface area contributed by atoms with E-state index in [1.54, 1.807) is 4.68 Å². The number of aryl methyl sites for hydroxylation is 1. The number of nitrogens with zero attached hydrogens (tertiary/aromatic N) is 4. The molecule has 1 rings (SSSR count). The molecule has 2 atom stereocenters. The Balaban J connectivity index is 2.88. The minimum Gasteiger partial charge on any atom is -0.314 e. The topological polar surface area (TPSA) is 55.6 Å². The van der Waals surface area contributed by atoms with Gasteiger partial charge in [-0.2, -0.15) is 0 Å². The molecule has 5 heteroatoms. The third-order valence-corrected chi connectivity index (χ3v) is 2.73. The molecule has 0 aliphatic heterocycles. The van der Waals surface area contributed by atoms with Crippen LogP contribution in [0.25, 0.3) is 0 Å². The second-order valence-corrected chi connectivity index (χ2v) is 4.28. The van der Waals surface area contributed by atoms with E-state index in [1.807, 2.05) is 7.05 Å². The number of hydrogen-bond acceptors (Lipinski definition) is 4. The maximum absolute atomic E-state index is 4.10. The van der Waals surface area contributed by atoms with Gasteiger partial charge in [-0.3, -0.25) is 0 Å². The van der Waals surface area contributed by atoms with Crippen molar-refractivity contribution < 1.29 is 0 Å². The second kappa shape index (κ2) is 5.21. The molecule has 0 aliphatic carbocycles. The standard InChI is InChI=1S/C10H21N5/c1-6-11-8(4)9(7(2)3)10-12-13-14-15(10)5/h7-9,11H,6H2,1-5H3. The van der Waals surface area contributed by atoms with Crippen LogP contribution >= 0.6 is 0 Å². The highest BCUT2D eigenvalue weighted by atomic mass is 15.5. The summed E-state index contributed by atoms with van der Waals surface area (Å²) < 4.78 is 1.76. The fourth-order valence-corrected chi connectivity index (χ4v) is 2.07. The van der Waals surface area contributed by atoms with Crippen LogP contribution in [0.2, 0.25) is 0 Å². The van der Waals surface area contributed by atoms with Gasteiger partial charge in [0, 0.05) is 19.0 Å². The highest BCUT2D eigenvalue weighted by molar-refractivity contribution is 5.00. The van der Waals surface area contributed by atoms with Crippen molar-refractivity contribution in [3.63, 3.8) is 0 Å². The Bertz CT molecular complexity index is 294. The van der Waals surface area contributed by atoms with Gasteiger partial charge in [0.25, 0.3) is 0 Å². The average Bonchev–Trinajstić information content (AvgIpc) is 2.52. The first-order valence-corrected chi connectivity index (χ1v) is 5.53. The first-order valence-electron chi connectivity index (χ1n) is 5.53. The molecule has 5 nitrogen and oxygen atoms in total. The fraction of sp³-hybridized carbons (Fsp3) is 0.900. The van der Waals surface area contributed by atoms with Gasteiger partial charge in [0.15, 0.2) is 5.82 Å². The third-order valence-electron chi connectivity index (χ3n) is 2.73. The molecule has 0 aliphatic rings. The smallest absolute Gasteiger partial charge is 0.155 e. The zero-order valence-electron chi connectivity index (χ0n) is 10.2. The molecule has 0 fully saturated rings. The number of tetrazole rings is 1. The number of nitrogens with one attached hydrogen (secondary N) is 1. The van der Waals surface area contributed by atoms with Crippen molar-refractivity contribution in [3.8, 4) is 0 Å². The molecule has 0 amide bonds. The average molecular weight is 211 g/mol. The van der Waals surface area contributed by atoms with Crippen LogP contribution in [0.3, 0.4) is 0 Å². The number of rotatable bonds is 5. The van der Waals surface area contributed by atoms with E-state index >= 15 is 0 Å². The summed E-state index contributed by atoms with van der Waals surface area (Å²) in [5, 5.41) is 15.1. The van der Waals surface area contributed by atoms with E-state index in [0.717, 1.165) is 12.4 Å². The van der Waals surface area contributed by atoms with E-state index in [-0.39, 0.29) is 0 Å². The van der Waals surface area contributed by atoms with Gasteiger partial charge in [0.05, 0.1) is 0 Å². The van der Waals surface area contributed by atoms with E-state index in [2.05, 4.69) is 48.5 Å². The lowest BCUT2D eigenvalue weighted by molar-refractivity contribution is 0.358. The molecule has 2 unspecified atom stereocenters. The zero-order valence-corrected chi connectivity index (χ0v) is 10.2. The third kappa shape index (κ3) is 2.75. The van der Waals surface area contributed by atoms with Gasteiger partial charge < -0.3 is 5.32 Å². The molecule has 0 bridgehead atoms. The summed E-state index contributed by atoms with van der Waals surface area (Å²) in [6.07, 6.45) is 0. The molecular formula is C10H21N5. The van der Waals surface area contributed by atoms with Crippen LogP contribution in [-0.2, 0) is 7.05 Å². The van der Waals surface area contributed by atoms with Crippen LogP contribution in [0.4, 0.5) is 0 Å². The largest absolute Gasteiger partial charge is 0.314 e. The van der Waals surface area contributed by atoms with Crippen molar-refractivity contribution in [3.05, 3.63) is 5.82 Å². The van der Waals surface area contributed by atoms with Crippen LogP contribution in [0, 0.1) is 5.92 Å². The molecule has 86 valence electrons. The van der Waals surface area contributed by atoms with Gasteiger partial charge in [0.2, 0.25) is 0 Å². The van der Waals surface area contributed by atoms with Crippen molar-refractivity contribution in [2.24, 2.45) is 13.0 Å². The quantitative estimate of drug-likeness (QED) is 0.787. The first kappa shape index (κ1) is 12.1. The summed E-state index contributed by atoms with van der Waals surface area (Å²) in [6, 6.07) is 0.389. The van der Waals surface area contributed by atoms with Crippen molar-refractivity contribution in [2.45, 2.75) is 39.7 Å². The lowest BCUT2D eigenvalue weighted by Gasteiger charge is -2.26. The summed E-state index contributed by atoms with van der Waals surface area (Å²) >= 11 is 0. The van der Waals surface area contributed by atoms with E-state index in [1.165, 1.54) is 0 Å². The van der Waals surface area contributed by atoms with Crippen molar-refractivity contribution in [2.75, 3.05) is 6.54 Å². The summed E-state index contributed by atoms with van der Waals surface area (Å²) in [5.74, 6) is 1.83. The van der Waals surface area contributed by atoms with Gasteiger partial charge in [-0.1, -0.05) is 20.8 Å². The Hall–Kier alpha value is -0.970. The Morgan fingerprint density at radius 3 is 2.40 bits per heavy atom. The van der Waals surface area contributed by atoms with Crippen molar-refractivity contribution >= 4 is 0 Å². The van der Waals surface area contributed by atoms with Gasteiger partial charge in [-0.25, -0.2) is 4.68 Å². The fourth-order valence-electron chi connectivity index (χ4n) is 2.07. The minimum atomic E-state index is 0.352. The summed E-state index contributed by atoms with van der Waals surface area (Å²) in [4.78, 5) is 0. The molecule has 0 saturated heterocycles. The van der Waals surface area contributed by atoms with Crippen molar-refractivity contribution in [1.82, 2.24) is 25.5 Å². The van der Waals surface area contributed by atoms with Gasteiger partial charge in [-0.05, 0) is 29.8 Å². The highest BCUT2D eigenvalue weighted by Gasteiger charge is 2.26. The Morgan fingerprint density at radius 1 is 1.33 bits per heavy atom. The normalized spacial score (nSPS) is 15.6. The van der Waals surface area contributed by atoms with Crippen molar-refractivity contribution in [1.29, 1.82) is 0 Å². The van der Waals surface area contributed by atoms with Crippen LogP contribution in [-0.4, -0.2) is 32.8 Å². The molecule has 0 saturated carbocycles. The minimum absolute atomic E-state index is 0.352. The summed E-state index contributed by atoms with van der Waals surface area (Å²) in [7, 11) is 1.89. The predicted molar refractivity (Wildman–Crippen MR) is 59.5 cm³/mol. The molecule has 0 aromatic carbocycles. The van der Waals surface area contributed by atoms with Gasteiger partial charge >= 0.3 is 0 Å². The maximum atomic E-state index is 4.10. The SMILES string of the molecule is CCNC(C)C(c1nnnn1C)C(C)C. The van der Waals surface area contributed by atoms with E-state index < -0.39 is 0 Å². The second-order valence-electron chi connectivity index (χ2n) is 4.28. The van der Waals surface area contributed by atoms with Crippen LogP contribution in [0.15, 0.2) is 0 Å². The van der Waals surface area contributed by atoms with Gasteiger partial charge in [0.1, 0.15) is 0 Å². The van der Waals surface area contributed by atoms with Gasteiger partial charge in [-0.15, -0.1) is 5.10 Å². The molecule has 0 spiro atoms. The van der Waals surface area contributed by atoms with E-state index in [0.29, 0.717) is 17.9 Å².